The highest BCUT2D eigenvalue weighted by Crippen LogP contribution is 2.24. The summed E-state index contributed by atoms with van der Waals surface area (Å²) in [7, 11) is 0. The van der Waals surface area contributed by atoms with Gasteiger partial charge in [0.15, 0.2) is 0 Å². The Morgan fingerprint density at radius 2 is 1.68 bits per heavy atom. The molecule has 0 unspecified atom stereocenters. The van der Waals surface area contributed by atoms with E-state index in [0.29, 0.717) is 18.0 Å². The first-order valence-electron chi connectivity index (χ1n) is 13.1. The largest absolute Gasteiger partial charge is 0.489 e. The first-order valence-corrected chi connectivity index (χ1v) is 13.1. The van der Waals surface area contributed by atoms with E-state index in [0.717, 1.165) is 38.5 Å². The number of benzene rings is 2. The molecule has 0 spiro atoms. The van der Waals surface area contributed by atoms with E-state index >= 15 is 0 Å². The van der Waals surface area contributed by atoms with Gasteiger partial charge in [0.25, 0.3) is 0 Å². The molecule has 1 aromatic heterocycles. The van der Waals surface area contributed by atoms with Gasteiger partial charge in [-0.3, -0.25) is 4.90 Å². The van der Waals surface area contributed by atoms with Crippen LogP contribution in [-0.2, 0) is 23.3 Å². The second-order valence-corrected chi connectivity index (χ2v) is 11.0. The minimum absolute atomic E-state index is 0.151. The van der Waals surface area contributed by atoms with Crippen LogP contribution in [0.15, 0.2) is 66.9 Å². The summed E-state index contributed by atoms with van der Waals surface area (Å²) in [4.78, 5) is 21.7. The monoisotopic (exact) mass is 501 g/mol. The van der Waals surface area contributed by atoms with Crippen LogP contribution in [0, 0.1) is 0 Å². The standard InChI is InChI=1S/C31H39N3O3/c1-23(2)37-30(35)28-10-7-15-32-29(28)34-18-16-33(17-19-34)21-25-8-6-9-27(20-25)36-22-24-11-13-26(14-12-24)31(3,4)5/h6-15,20,23H,16-19,21-22H2,1-5H3. The maximum absolute atomic E-state index is 12.5. The molecule has 1 aliphatic rings. The summed E-state index contributed by atoms with van der Waals surface area (Å²) in [6.45, 7) is 15.2. The van der Waals surface area contributed by atoms with Gasteiger partial charge in [-0.2, -0.15) is 0 Å². The maximum atomic E-state index is 12.5. The molecule has 0 amide bonds. The molecule has 37 heavy (non-hydrogen) atoms. The number of hydrogen-bond acceptors (Lipinski definition) is 6. The second kappa shape index (κ2) is 11.8. The van der Waals surface area contributed by atoms with E-state index < -0.39 is 0 Å². The summed E-state index contributed by atoms with van der Waals surface area (Å²) in [5, 5.41) is 0. The SMILES string of the molecule is CC(C)OC(=O)c1cccnc1N1CCN(Cc2cccc(OCc3ccc(C(C)(C)C)cc3)c2)CC1. The number of hydrogen-bond donors (Lipinski definition) is 0. The highest BCUT2D eigenvalue weighted by molar-refractivity contribution is 5.94. The fourth-order valence-electron chi connectivity index (χ4n) is 4.46. The molecule has 1 fully saturated rings. The Kier molecular flexibility index (Phi) is 8.49. The Morgan fingerprint density at radius 1 is 0.946 bits per heavy atom. The van der Waals surface area contributed by atoms with Crippen molar-refractivity contribution in [2.45, 2.75) is 59.3 Å². The number of rotatable bonds is 8. The van der Waals surface area contributed by atoms with Crippen LogP contribution in [0.3, 0.4) is 0 Å². The van der Waals surface area contributed by atoms with Crippen molar-refractivity contribution in [3.63, 3.8) is 0 Å². The number of ether oxygens (including phenoxy) is 2. The fourth-order valence-corrected chi connectivity index (χ4v) is 4.46. The molecule has 0 radical (unpaired) electrons. The molecule has 0 atom stereocenters. The van der Waals surface area contributed by atoms with E-state index in [9.17, 15) is 4.79 Å². The number of anilines is 1. The van der Waals surface area contributed by atoms with Gasteiger partial charge in [0.05, 0.1) is 6.10 Å². The third-order valence-electron chi connectivity index (χ3n) is 6.55. The normalized spacial score (nSPS) is 14.6. The first-order chi connectivity index (χ1) is 17.7. The van der Waals surface area contributed by atoms with E-state index in [2.05, 4.69) is 78.0 Å². The first kappa shape index (κ1) is 26.7. The molecule has 0 aliphatic carbocycles. The molecule has 0 saturated carbocycles. The van der Waals surface area contributed by atoms with E-state index in [1.165, 1.54) is 16.7 Å². The molecule has 4 rings (SSSR count). The van der Waals surface area contributed by atoms with Crippen LogP contribution in [-0.4, -0.2) is 48.1 Å². The topological polar surface area (TPSA) is 54.9 Å². The summed E-state index contributed by atoms with van der Waals surface area (Å²) in [5.74, 6) is 1.28. The zero-order valence-electron chi connectivity index (χ0n) is 22.7. The number of piperazine rings is 1. The van der Waals surface area contributed by atoms with Crippen molar-refractivity contribution in [1.29, 1.82) is 0 Å². The summed E-state index contributed by atoms with van der Waals surface area (Å²) >= 11 is 0. The lowest BCUT2D eigenvalue weighted by atomic mass is 9.87. The van der Waals surface area contributed by atoms with Crippen molar-refractivity contribution in [2.24, 2.45) is 0 Å². The van der Waals surface area contributed by atoms with Gasteiger partial charge in [-0.25, -0.2) is 9.78 Å². The Hall–Kier alpha value is -3.38. The van der Waals surface area contributed by atoms with Crippen LogP contribution in [0.5, 0.6) is 5.75 Å². The lowest BCUT2D eigenvalue weighted by Crippen LogP contribution is -2.46. The second-order valence-electron chi connectivity index (χ2n) is 11.0. The molecule has 2 heterocycles. The van der Waals surface area contributed by atoms with Crippen LogP contribution in [0.25, 0.3) is 0 Å². The summed E-state index contributed by atoms with van der Waals surface area (Å²) < 4.78 is 11.5. The molecule has 0 N–H and O–H groups in total. The van der Waals surface area contributed by atoms with Crippen molar-refractivity contribution < 1.29 is 14.3 Å². The predicted octanol–water partition coefficient (Wildman–Crippen LogP) is 5.85. The van der Waals surface area contributed by atoms with Crippen LogP contribution in [0.4, 0.5) is 5.82 Å². The van der Waals surface area contributed by atoms with Crippen molar-refractivity contribution >= 4 is 11.8 Å². The summed E-state index contributed by atoms with van der Waals surface area (Å²) in [6, 6.07) is 20.6. The van der Waals surface area contributed by atoms with E-state index in [4.69, 9.17) is 9.47 Å². The van der Waals surface area contributed by atoms with E-state index in [1.807, 2.05) is 19.9 Å². The summed E-state index contributed by atoms with van der Waals surface area (Å²) in [6.07, 6.45) is 1.57. The quantitative estimate of drug-likeness (QED) is 0.361. The predicted molar refractivity (Wildman–Crippen MR) is 148 cm³/mol. The van der Waals surface area contributed by atoms with Gasteiger partial charge >= 0.3 is 5.97 Å². The lowest BCUT2D eigenvalue weighted by molar-refractivity contribution is 0.0378. The molecular weight excluding hydrogens is 462 g/mol. The smallest absolute Gasteiger partial charge is 0.342 e. The highest BCUT2D eigenvalue weighted by Gasteiger charge is 2.24. The minimum Gasteiger partial charge on any atom is -0.489 e. The third kappa shape index (κ3) is 7.32. The highest BCUT2D eigenvalue weighted by atomic mass is 16.5. The van der Waals surface area contributed by atoms with Gasteiger partial charge < -0.3 is 14.4 Å². The number of aromatic nitrogens is 1. The number of carbonyl (C=O) groups excluding carboxylic acids is 1. The number of carbonyl (C=O) groups is 1. The molecule has 2 aromatic carbocycles. The zero-order chi connectivity index (χ0) is 26.4. The molecule has 1 saturated heterocycles. The zero-order valence-corrected chi connectivity index (χ0v) is 22.7. The minimum atomic E-state index is -0.317. The van der Waals surface area contributed by atoms with Crippen LogP contribution in [0.2, 0.25) is 0 Å². The Balaban J connectivity index is 1.31. The van der Waals surface area contributed by atoms with Gasteiger partial charge in [-0.15, -0.1) is 0 Å². The van der Waals surface area contributed by atoms with Crippen LogP contribution in [0.1, 0.15) is 61.7 Å². The molecule has 3 aromatic rings. The Labute approximate surface area is 221 Å². The van der Waals surface area contributed by atoms with Gasteiger partial charge in [-0.1, -0.05) is 57.2 Å². The maximum Gasteiger partial charge on any atom is 0.342 e. The Morgan fingerprint density at radius 3 is 2.35 bits per heavy atom. The van der Waals surface area contributed by atoms with Crippen molar-refractivity contribution in [1.82, 2.24) is 9.88 Å². The van der Waals surface area contributed by atoms with Crippen molar-refractivity contribution in [2.75, 3.05) is 31.1 Å². The summed E-state index contributed by atoms with van der Waals surface area (Å²) in [5.41, 5.74) is 4.41. The molecule has 196 valence electrons. The molecule has 1 aliphatic heterocycles. The molecular formula is C31H39N3O3. The molecule has 6 nitrogen and oxygen atoms in total. The Bertz CT molecular complexity index is 1180. The lowest BCUT2D eigenvalue weighted by Gasteiger charge is -2.36. The van der Waals surface area contributed by atoms with Crippen molar-refractivity contribution in [3.05, 3.63) is 89.1 Å². The fraction of sp³-hybridized carbons (Fsp3) is 0.419. The van der Waals surface area contributed by atoms with Crippen molar-refractivity contribution in [3.8, 4) is 5.75 Å². The number of esters is 1. The van der Waals surface area contributed by atoms with Gasteiger partial charge in [0.2, 0.25) is 0 Å². The van der Waals surface area contributed by atoms with Gasteiger partial charge in [0.1, 0.15) is 23.7 Å². The third-order valence-corrected chi connectivity index (χ3v) is 6.55. The molecule has 0 bridgehead atoms. The van der Waals surface area contributed by atoms with Gasteiger partial charge in [-0.05, 0) is 60.2 Å². The molecule has 6 heteroatoms. The van der Waals surface area contributed by atoms with E-state index in [-0.39, 0.29) is 17.5 Å². The average molecular weight is 502 g/mol. The number of nitrogens with zero attached hydrogens (tertiary/aromatic N) is 3. The number of pyridine rings is 1. The van der Waals surface area contributed by atoms with Crippen LogP contribution >= 0.6 is 0 Å². The van der Waals surface area contributed by atoms with E-state index in [1.54, 1.807) is 18.3 Å². The van der Waals surface area contributed by atoms with Gasteiger partial charge in [0, 0.05) is 38.9 Å². The average Bonchev–Trinajstić information content (AvgIpc) is 2.87. The van der Waals surface area contributed by atoms with Crippen LogP contribution < -0.4 is 9.64 Å².